The maximum Gasteiger partial charge on any atom is 0.259 e. The van der Waals surface area contributed by atoms with Crippen molar-refractivity contribution in [3.8, 4) is 0 Å². The van der Waals surface area contributed by atoms with E-state index in [-0.39, 0.29) is 22.9 Å². The van der Waals surface area contributed by atoms with E-state index in [1.165, 1.54) is 12.1 Å². The molecule has 0 fully saturated rings. The van der Waals surface area contributed by atoms with Crippen LogP contribution in [-0.2, 0) is 4.79 Å². The van der Waals surface area contributed by atoms with Gasteiger partial charge < -0.3 is 5.32 Å². The topological polar surface area (TPSA) is 49.4 Å². The van der Waals surface area contributed by atoms with Crippen LogP contribution in [0.5, 0.6) is 0 Å². The van der Waals surface area contributed by atoms with Crippen LogP contribution >= 0.6 is 0 Å². The third kappa shape index (κ3) is 3.84. The first-order chi connectivity index (χ1) is 15.8. The number of amides is 1. The van der Waals surface area contributed by atoms with Crippen LogP contribution in [0.1, 0.15) is 48.7 Å². The number of ketones is 1. The van der Waals surface area contributed by atoms with Gasteiger partial charge in [-0.05, 0) is 53.8 Å². The first-order valence-electron chi connectivity index (χ1n) is 11.1. The quantitative estimate of drug-likeness (QED) is 0.510. The monoisotopic (exact) mass is 440 g/mol. The van der Waals surface area contributed by atoms with Crippen molar-refractivity contribution in [2.24, 2.45) is 5.41 Å². The van der Waals surface area contributed by atoms with Gasteiger partial charge in [-0.15, -0.1) is 0 Å². The van der Waals surface area contributed by atoms with E-state index >= 15 is 0 Å². The van der Waals surface area contributed by atoms with Gasteiger partial charge in [0.1, 0.15) is 5.82 Å². The van der Waals surface area contributed by atoms with Gasteiger partial charge in [0.15, 0.2) is 5.78 Å². The fourth-order valence-electron chi connectivity index (χ4n) is 4.89. The molecule has 1 heterocycles. The first-order valence-corrected chi connectivity index (χ1v) is 11.1. The highest BCUT2D eigenvalue weighted by molar-refractivity contribution is 6.12. The molecule has 0 bridgehead atoms. The lowest BCUT2D eigenvalue weighted by Gasteiger charge is -2.37. The zero-order valence-corrected chi connectivity index (χ0v) is 18.6. The highest BCUT2D eigenvalue weighted by Crippen LogP contribution is 2.48. The SMILES string of the molecule is CC1(C)CC(=O)C2=C(C1)Nc1ccccc1N(C(=O)c1ccccc1)C2c1ccc(F)cc1. The Kier molecular flexibility index (Phi) is 5.12. The summed E-state index contributed by atoms with van der Waals surface area (Å²) in [5, 5.41) is 3.49. The lowest BCUT2D eigenvalue weighted by molar-refractivity contribution is -0.118. The highest BCUT2D eigenvalue weighted by Gasteiger charge is 2.43. The first kappa shape index (κ1) is 21.1. The smallest absolute Gasteiger partial charge is 0.259 e. The van der Waals surface area contributed by atoms with Crippen molar-refractivity contribution < 1.29 is 14.0 Å². The number of fused-ring (bicyclic) bond motifs is 1. The molecule has 1 unspecified atom stereocenters. The summed E-state index contributed by atoms with van der Waals surface area (Å²) in [7, 11) is 0. The zero-order valence-electron chi connectivity index (χ0n) is 18.6. The molecular formula is C28H25FN2O2. The summed E-state index contributed by atoms with van der Waals surface area (Å²) in [5.74, 6) is -0.579. The predicted octanol–water partition coefficient (Wildman–Crippen LogP) is 6.28. The number of halogens is 1. The van der Waals surface area contributed by atoms with Crippen LogP contribution in [0.15, 0.2) is 90.1 Å². The Morgan fingerprint density at radius 3 is 2.33 bits per heavy atom. The Balaban J connectivity index is 1.79. The molecule has 2 aliphatic rings. The molecule has 166 valence electrons. The van der Waals surface area contributed by atoms with Crippen LogP contribution in [-0.4, -0.2) is 11.7 Å². The molecule has 1 amide bonds. The van der Waals surface area contributed by atoms with Gasteiger partial charge in [0, 0.05) is 23.3 Å². The molecule has 5 heteroatoms. The standard InChI is InChI=1S/C28H25FN2O2/c1-28(2)16-22-25(24(32)17-28)26(18-12-14-20(29)15-13-18)31(23-11-7-6-10-21(23)30-22)27(33)19-8-4-3-5-9-19/h3-15,26,30H,16-17H2,1-2H3. The van der Waals surface area contributed by atoms with E-state index in [4.69, 9.17) is 0 Å². The van der Waals surface area contributed by atoms with Crippen LogP contribution in [0.4, 0.5) is 15.8 Å². The van der Waals surface area contributed by atoms with Gasteiger partial charge in [0.05, 0.1) is 17.4 Å². The second-order valence-electron chi connectivity index (χ2n) is 9.47. The molecule has 3 aromatic rings. The van der Waals surface area contributed by atoms with E-state index in [1.54, 1.807) is 29.2 Å². The van der Waals surface area contributed by atoms with Crippen LogP contribution in [0.3, 0.4) is 0 Å². The van der Waals surface area contributed by atoms with E-state index < -0.39 is 6.04 Å². The highest BCUT2D eigenvalue weighted by atomic mass is 19.1. The summed E-state index contributed by atoms with van der Waals surface area (Å²) in [5.41, 5.74) is 3.85. The van der Waals surface area contributed by atoms with E-state index in [9.17, 15) is 14.0 Å². The Bertz CT molecular complexity index is 1260. The molecule has 0 saturated heterocycles. The molecule has 33 heavy (non-hydrogen) atoms. The van der Waals surface area contributed by atoms with Crippen molar-refractivity contribution in [2.45, 2.75) is 32.7 Å². The number of benzene rings is 3. The van der Waals surface area contributed by atoms with Gasteiger partial charge in [-0.2, -0.15) is 0 Å². The number of hydrogen-bond acceptors (Lipinski definition) is 3. The fourth-order valence-corrected chi connectivity index (χ4v) is 4.89. The van der Waals surface area contributed by atoms with Gasteiger partial charge in [0.2, 0.25) is 0 Å². The molecule has 1 atom stereocenters. The molecule has 5 rings (SSSR count). The number of allylic oxidation sites excluding steroid dienone is 1. The van der Waals surface area contributed by atoms with E-state index in [0.717, 1.165) is 11.4 Å². The third-order valence-electron chi connectivity index (χ3n) is 6.33. The number of nitrogens with zero attached hydrogens (tertiary/aromatic N) is 1. The summed E-state index contributed by atoms with van der Waals surface area (Å²) in [6.07, 6.45) is 1.06. The Morgan fingerprint density at radius 1 is 0.939 bits per heavy atom. The Morgan fingerprint density at radius 2 is 1.61 bits per heavy atom. The average Bonchev–Trinajstić information content (AvgIpc) is 2.93. The van der Waals surface area contributed by atoms with E-state index in [1.807, 2.05) is 42.5 Å². The molecular weight excluding hydrogens is 415 g/mol. The van der Waals surface area contributed by atoms with Crippen molar-refractivity contribution in [2.75, 3.05) is 10.2 Å². The third-order valence-corrected chi connectivity index (χ3v) is 6.33. The van der Waals surface area contributed by atoms with Gasteiger partial charge in [-0.1, -0.05) is 56.3 Å². The zero-order chi connectivity index (χ0) is 23.2. The average molecular weight is 441 g/mol. The number of Topliss-reactive ketones (excluding diaryl/α,β-unsaturated/α-hetero) is 1. The number of para-hydroxylation sites is 2. The van der Waals surface area contributed by atoms with Gasteiger partial charge in [0.25, 0.3) is 5.91 Å². The lowest BCUT2D eigenvalue weighted by Crippen LogP contribution is -2.39. The fraction of sp³-hybridized carbons (Fsp3) is 0.214. The molecule has 0 saturated carbocycles. The van der Waals surface area contributed by atoms with E-state index in [2.05, 4.69) is 19.2 Å². The van der Waals surface area contributed by atoms with Crippen molar-refractivity contribution in [3.05, 3.63) is 107 Å². The second-order valence-corrected chi connectivity index (χ2v) is 9.47. The molecule has 4 nitrogen and oxygen atoms in total. The number of carbonyl (C=O) groups excluding carboxylic acids is 2. The normalized spacial score (nSPS) is 19.3. The maximum atomic E-state index is 14.0. The maximum absolute atomic E-state index is 14.0. The Hall–Kier alpha value is -3.73. The van der Waals surface area contributed by atoms with Crippen molar-refractivity contribution in [3.63, 3.8) is 0 Å². The van der Waals surface area contributed by atoms with Crippen LogP contribution in [0.2, 0.25) is 0 Å². The summed E-state index contributed by atoms with van der Waals surface area (Å²) in [6, 6.07) is 22.0. The van der Waals surface area contributed by atoms with Crippen LogP contribution in [0, 0.1) is 11.2 Å². The summed E-state index contributed by atoms with van der Waals surface area (Å²) in [6.45, 7) is 4.15. The molecule has 0 radical (unpaired) electrons. The number of carbonyl (C=O) groups is 2. The van der Waals surface area contributed by atoms with Crippen molar-refractivity contribution in [1.29, 1.82) is 0 Å². The van der Waals surface area contributed by atoms with Gasteiger partial charge >= 0.3 is 0 Å². The Labute approximate surface area is 192 Å². The lowest BCUT2D eigenvalue weighted by atomic mass is 9.73. The molecule has 1 aliphatic heterocycles. The summed E-state index contributed by atoms with van der Waals surface area (Å²) >= 11 is 0. The van der Waals surface area contributed by atoms with Crippen molar-refractivity contribution in [1.82, 2.24) is 0 Å². The largest absolute Gasteiger partial charge is 0.357 e. The number of anilines is 2. The van der Waals surface area contributed by atoms with Gasteiger partial charge in [-0.25, -0.2) is 4.39 Å². The summed E-state index contributed by atoms with van der Waals surface area (Å²) < 4.78 is 13.8. The molecule has 0 spiro atoms. The van der Waals surface area contributed by atoms with Crippen LogP contribution < -0.4 is 10.2 Å². The number of rotatable bonds is 2. The molecule has 1 N–H and O–H groups in total. The van der Waals surface area contributed by atoms with Crippen molar-refractivity contribution >= 4 is 23.1 Å². The molecule has 1 aliphatic carbocycles. The van der Waals surface area contributed by atoms with E-state index in [0.29, 0.717) is 35.2 Å². The molecule has 3 aromatic carbocycles. The second kappa shape index (κ2) is 8.00. The van der Waals surface area contributed by atoms with Gasteiger partial charge in [-0.3, -0.25) is 14.5 Å². The number of nitrogens with one attached hydrogen (secondary N) is 1. The minimum absolute atomic E-state index is 0.00161. The molecule has 0 aromatic heterocycles. The number of hydrogen-bond donors (Lipinski definition) is 1. The predicted molar refractivity (Wildman–Crippen MR) is 128 cm³/mol. The summed E-state index contributed by atoms with van der Waals surface area (Å²) in [4.78, 5) is 29.2. The minimum Gasteiger partial charge on any atom is -0.357 e. The van der Waals surface area contributed by atoms with Crippen LogP contribution in [0.25, 0.3) is 0 Å². The minimum atomic E-state index is -0.673.